The van der Waals surface area contributed by atoms with Gasteiger partial charge in [0.2, 0.25) is 0 Å². The van der Waals surface area contributed by atoms with Gasteiger partial charge < -0.3 is 10.5 Å². The number of unbranched alkanes of at least 4 members (excludes halogenated alkanes) is 2. The van der Waals surface area contributed by atoms with E-state index in [0.717, 1.165) is 13.0 Å². The Labute approximate surface area is 67.7 Å². The SMILES string of the molecule is CCCCCOCC(N)=S. The van der Waals surface area contributed by atoms with Gasteiger partial charge in [0.25, 0.3) is 0 Å². The Morgan fingerprint density at radius 3 is 2.70 bits per heavy atom. The van der Waals surface area contributed by atoms with Gasteiger partial charge in [-0.25, -0.2) is 0 Å². The van der Waals surface area contributed by atoms with E-state index in [4.69, 9.17) is 10.5 Å². The summed E-state index contributed by atoms with van der Waals surface area (Å²) in [5.41, 5.74) is 5.21. The van der Waals surface area contributed by atoms with E-state index in [1.165, 1.54) is 12.8 Å². The van der Waals surface area contributed by atoms with Crippen LogP contribution in [0.25, 0.3) is 0 Å². The zero-order chi connectivity index (χ0) is 7.82. The summed E-state index contributed by atoms with van der Waals surface area (Å²) in [4.78, 5) is 0.441. The molecule has 0 heterocycles. The molecule has 3 heteroatoms. The zero-order valence-electron chi connectivity index (χ0n) is 6.43. The van der Waals surface area contributed by atoms with E-state index >= 15 is 0 Å². The Kier molecular flexibility index (Phi) is 6.86. The van der Waals surface area contributed by atoms with Gasteiger partial charge in [-0.1, -0.05) is 32.0 Å². The van der Waals surface area contributed by atoms with E-state index in [2.05, 4.69) is 19.1 Å². The minimum atomic E-state index is 0.430. The molecule has 0 aromatic heterocycles. The maximum Gasteiger partial charge on any atom is 0.0989 e. The van der Waals surface area contributed by atoms with Crippen LogP contribution in [0.5, 0.6) is 0 Å². The van der Waals surface area contributed by atoms with Gasteiger partial charge in [-0.15, -0.1) is 0 Å². The monoisotopic (exact) mass is 161 g/mol. The largest absolute Gasteiger partial charge is 0.391 e. The lowest BCUT2D eigenvalue weighted by molar-refractivity contribution is 0.167. The molecule has 2 N–H and O–H groups in total. The first-order valence-electron chi connectivity index (χ1n) is 3.63. The highest BCUT2D eigenvalue weighted by Crippen LogP contribution is 1.93. The molecule has 0 saturated heterocycles. The van der Waals surface area contributed by atoms with E-state index in [0.29, 0.717) is 11.6 Å². The molecule has 0 aliphatic carbocycles. The highest BCUT2D eigenvalue weighted by molar-refractivity contribution is 7.80. The number of hydrogen-bond acceptors (Lipinski definition) is 2. The molecule has 0 atom stereocenters. The molecule has 0 aliphatic heterocycles. The normalized spacial score (nSPS) is 9.70. The fourth-order valence-corrected chi connectivity index (χ4v) is 0.710. The number of hydrogen-bond donors (Lipinski definition) is 1. The topological polar surface area (TPSA) is 35.2 Å². The third-order valence-corrected chi connectivity index (χ3v) is 1.25. The molecule has 0 radical (unpaired) electrons. The quantitative estimate of drug-likeness (QED) is 0.473. The average molecular weight is 161 g/mol. The minimum absolute atomic E-state index is 0.430. The molecule has 2 nitrogen and oxygen atoms in total. The first-order valence-corrected chi connectivity index (χ1v) is 4.04. The molecule has 0 amide bonds. The molecule has 60 valence electrons. The summed E-state index contributed by atoms with van der Waals surface area (Å²) in [6.45, 7) is 3.37. The summed E-state index contributed by atoms with van der Waals surface area (Å²) in [5, 5.41) is 0. The Bertz CT molecular complexity index is 95.6. The maximum atomic E-state index is 5.21. The van der Waals surface area contributed by atoms with Gasteiger partial charge >= 0.3 is 0 Å². The molecular weight excluding hydrogens is 146 g/mol. The van der Waals surface area contributed by atoms with Crippen LogP contribution in [0.3, 0.4) is 0 Å². The summed E-state index contributed by atoms with van der Waals surface area (Å²) in [6.07, 6.45) is 3.55. The second kappa shape index (κ2) is 6.96. The zero-order valence-corrected chi connectivity index (χ0v) is 7.25. The smallest absolute Gasteiger partial charge is 0.0989 e. The molecule has 0 bridgehead atoms. The first-order chi connectivity index (χ1) is 4.77. The summed E-state index contributed by atoms with van der Waals surface area (Å²) < 4.78 is 5.13. The number of thiocarbonyl (C=S) groups is 1. The van der Waals surface area contributed by atoms with Crippen LogP contribution in [-0.2, 0) is 4.74 Å². The van der Waals surface area contributed by atoms with Crippen LogP contribution < -0.4 is 5.73 Å². The van der Waals surface area contributed by atoms with Crippen molar-refractivity contribution in [2.45, 2.75) is 26.2 Å². The van der Waals surface area contributed by atoms with Gasteiger partial charge in [0, 0.05) is 6.61 Å². The van der Waals surface area contributed by atoms with E-state index in [-0.39, 0.29) is 0 Å². The molecule has 0 aliphatic rings. The first kappa shape index (κ1) is 9.85. The summed E-state index contributed by atoms with van der Waals surface area (Å²) >= 11 is 4.63. The van der Waals surface area contributed by atoms with Crippen LogP contribution in [0.4, 0.5) is 0 Å². The van der Waals surface area contributed by atoms with Gasteiger partial charge in [0.05, 0.1) is 11.6 Å². The molecule has 10 heavy (non-hydrogen) atoms. The molecule has 0 rings (SSSR count). The fraction of sp³-hybridized carbons (Fsp3) is 0.857. The predicted octanol–water partition coefficient (Wildman–Crippen LogP) is 1.48. The van der Waals surface area contributed by atoms with Crippen LogP contribution in [0, 0.1) is 0 Å². The highest BCUT2D eigenvalue weighted by Gasteiger charge is 1.88. The van der Waals surface area contributed by atoms with Crippen molar-refractivity contribution in [1.82, 2.24) is 0 Å². The second-order valence-electron chi connectivity index (χ2n) is 2.23. The minimum Gasteiger partial charge on any atom is -0.391 e. The standard InChI is InChI=1S/C7H15NOS/c1-2-3-4-5-9-6-7(8)10/h2-6H2,1H3,(H2,8,10). The van der Waals surface area contributed by atoms with Crippen molar-refractivity contribution in [2.24, 2.45) is 5.73 Å². The van der Waals surface area contributed by atoms with Crippen LogP contribution >= 0.6 is 12.2 Å². The lowest BCUT2D eigenvalue weighted by Gasteiger charge is -2.00. The predicted molar refractivity (Wildman–Crippen MR) is 47.1 cm³/mol. The lowest BCUT2D eigenvalue weighted by atomic mass is 10.3. The van der Waals surface area contributed by atoms with Crippen molar-refractivity contribution in [2.75, 3.05) is 13.2 Å². The van der Waals surface area contributed by atoms with Crippen LogP contribution in [-0.4, -0.2) is 18.2 Å². The van der Waals surface area contributed by atoms with Crippen molar-refractivity contribution in [3.8, 4) is 0 Å². The Morgan fingerprint density at radius 2 is 2.20 bits per heavy atom. The van der Waals surface area contributed by atoms with Crippen molar-refractivity contribution in [3.05, 3.63) is 0 Å². The maximum absolute atomic E-state index is 5.21. The van der Waals surface area contributed by atoms with Gasteiger partial charge in [0.15, 0.2) is 0 Å². The van der Waals surface area contributed by atoms with Crippen molar-refractivity contribution in [1.29, 1.82) is 0 Å². The summed E-state index contributed by atoms with van der Waals surface area (Å²) in [6, 6.07) is 0. The molecule has 0 saturated carbocycles. The van der Waals surface area contributed by atoms with E-state index < -0.39 is 0 Å². The number of rotatable bonds is 6. The third kappa shape index (κ3) is 7.85. The Morgan fingerprint density at radius 1 is 1.50 bits per heavy atom. The highest BCUT2D eigenvalue weighted by atomic mass is 32.1. The number of ether oxygens (including phenoxy) is 1. The molecule has 0 unspecified atom stereocenters. The summed E-state index contributed by atoms with van der Waals surface area (Å²) in [7, 11) is 0. The molecule has 0 fully saturated rings. The Balaban J connectivity index is 2.84. The second-order valence-corrected chi connectivity index (χ2v) is 2.75. The van der Waals surface area contributed by atoms with E-state index in [1.807, 2.05) is 0 Å². The fourth-order valence-electron chi connectivity index (χ4n) is 0.627. The number of nitrogens with two attached hydrogens (primary N) is 1. The van der Waals surface area contributed by atoms with Crippen LogP contribution in [0.1, 0.15) is 26.2 Å². The molecular formula is C7H15NOS. The van der Waals surface area contributed by atoms with Gasteiger partial charge in [0.1, 0.15) is 0 Å². The van der Waals surface area contributed by atoms with Crippen molar-refractivity contribution < 1.29 is 4.74 Å². The van der Waals surface area contributed by atoms with E-state index in [1.54, 1.807) is 0 Å². The van der Waals surface area contributed by atoms with Crippen molar-refractivity contribution in [3.63, 3.8) is 0 Å². The van der Waals surface area contributed by atoms with Gasteiger partial charge in [-0.2, -0.15) is 0 Å². The Hall–Kier alpha value is -0.150. The molecule has 0 spiro atoms. The van der Waals surface area contributed by atoms with Crippen molar-refractivity contribution >= 4 is 17.2 Å². The average Bonchev–Trinajstić information content (AvgIpc) is 1.87. The third-order valence-electron chi connectivity index (χ3n) is 1.14. The van der Waals surface area contributed by atoms with Crippen LogP contribution in [0.15, 0.2) is 0 Å². The van der Waals surface area contributed by atoms with E-state index in [9.17, 15) is 0 Å². The lowest BCUT2D eigenvalue weighted by Crippen LogP contribution is -2.16. The van der Waals surface area contributed by atoms with Gasteiger partial charge in [-0.3, -0.25) is 0 Å². The molecule has 0 aromatic carbocycles. The van der Waals surface area contributed by atoms with Gasteiger partial charge in [-0.05, 0) is 6.42 Å². The molecule has 0 aromatic rings. The van der Waals surface area contributed by atoms with Crippen LogP contribution in [0.2, 0.25) is 0 Å². The summed E-state index contributed by atoms with van der Waals surface area (Å²) in [5.74, 6) is 0.